The number of nitrogens with zero attached hydrogens (tertiary/aromatic N) is 2. The number of carbonyl (C=O) groups is 1. The van der Waals surface area contributed by atoms with E-state index in [0.717, 1.165) is 23.2 Å². The molecule has 2 atom stereocenters. The Hall–Kier alpha value is -1.82. The van der Waals surface area contributed by atoms with Crippen molar-refractivity contribution in [1.29, 1.82) is 5.26 Å². The lowest BCUT2D eigenvalue weighted by Crippen LogP contribution is -2.39. The van der Waals surface area contributed by atoms with Crippen LogP contribution in [-0.2, 0) is 10.2 Å². The van der Waals surface area contributed by atoms with Crippen LogP contribution in [0.25, 0.3) is 0 Å². The monoisotopic (exact) mass is 270 g/mol. The van der Waals surface area contributed by atoms with E-state index in [-0.39, 0.29) is 5.91 Å². The van der Waals surface area contributed by atoms with Crippen molar-refractivity contribution in [2.24, 2.45) is 5.41 Å². The van der Waals surface area contributed by atoms with Crippen LogP contribution in [0.2, 0.25) is 0 Å². The van der Waals surface area contributed by atoms with Crippen molar-refractivity contribution in [3.63, 3.8) is 0 Å². The minimum absolute atomic E-state index is 0.0908. The fourth-order valence-electron chi connectivity index (χ4n) is 3.17. The molecule has 0 aliphatic carbocycles. The highest BCUT2D eigenvalue weighted by molar-refractivity contribution is 6.07. The summed E-state index contributed by atoms with van der Waals surface area (Å²) in [6.45, 7) is 7.96. The maximum atomic E-state index is 12.7. The van der Waals surface area contributed by atoms with Gasteiger partial charge in [0.2, 0.25) is 5.91 Å². The predicted octanol–water partition coefficient (Wildman–Crippen LogP) is 3.56. The minimum Gasteiger partial charge on any atom is -0.314 e. The Morgan fingerprint density at radius 2 is 2.10 bits per heavy atom. The van der Waals surface area contributed by atoms with Crippen LogP contribution in [0.3, 0.4) is 0 Å². The lowest BCUT2D eigenvalue weighted by atomic mass is 9.69. The van der Waals surface area contributed by atoms with Gasteiger partial charge in [0.15, 0.2) is 0 Å². The number of hydrogen-bond donors (Lipinski definition) is 0. The van der Waals surface area contributed by atoms with Gasteiger partial charge in [0.25, 0.3) is 0 Å². The number of benzene rings is 1. The standard InChI is InChI=1S/C17H22N2O/c1-6-16(3,11-18)10-17(4)13-9-12(2)7-8-14(13)19(5)15(17)20/h7-9H,6,10H2,1-5H3. The summed E-state index contributed by atoms with van der Waals surface area (Å²) >= 11 is 0. The Balaban J connectivity index is 2.55. The highest BCUT2D eigenvalue weighted by Crippen LogP contribution is 2.48. The maximum absolute atomic E-state index is 12.7. The molecule has 0 fully saturated rings. The van der Waals surface area contributed by atoms with Gasteiger partial charge in [0.1, 0.15) is 0 Å². The molecule has 0 spiro atoms. The van der Waals surface area contributed by atoms with Crippen molar-refractivity contribution in [3.8, 4) is 6.07 Å². The van der Waals surface area contributed by atoms with E-state index in [2.05, 4.69) is 12.1 Å². The molecule has 1 aromatic carbocycles. The molecule has 1 aliphatic heterocycles. The molecule has 1 aromatic rings. The second-order valence-corrected chi connectivity index (χ2v) is 6.42. The van der Waals surface area contributed by atoms with Gasteiger partial charge in [0, 0.05) is 12.7 Å². The number of likely N-dealkylation sites (N-methyl/N-ethyl adjacent to an activating group) is 1. The molecule has 1 amide bonds. The summed E-state index contributed by atoms with van der Waals surface area (Å²) in [6.07, 6.45) is 1.31. The summed E-state index contributed by atoms with van der Waals surface area (Å²) < 4.78 is 0. The Labute approximate surface area is 121 Å². The van der Waals surface area contributed by atoms with Gasteiger partial charge in [-0.3, -0.25) is 4.79 Å². The number of fused-ring (bicyclic) bond motifs is 1. The van der Waals surface area contributed by atoms with Crippen LogP contribution in [-0.4, -0.2) is 13.0 Å². The second-order valence-electron chi connectivity index (χ2n) is 6.42. The predicted molar refractivity (Wildman–Crippen MR) is 80.6 cm³/mol. The first-order valence-corrected chi connectivity index (χ1v) is 7.08. The molecule has 106 valence electrons. The number of anilines is 1. The normalized spacial score (nSPS) is 24.2. The van der Waals surface area contributed by atoms with Crippen LogP contribution in [0, 0.1) is 23.7 Å². The molecule has 0 aromatic heterocycles. The van der Waals surface area contributed by atoms with E-state index in [0.29, 0.717) is 6.42 Å². The lowest BCUT2D eigenvalue weighted by Gasteiger charge is -2.31. The first kappa shape index (κ1) is 14.6. The summed E-state index contributed by atoms with van der Waals surface area (Å²) in [6, 6.07) is 8.51. The first-order valence-electron chi connectivity index (χ1n) is 7.08. The lowest BCUT2D eigenvalue weighted by molar-refractivity contribution is -0.123. The van der Waals surface area contributed by atoms with Gasteiger partial charge in [0.05, 0.1) is 16.9 Å². The van der Waals surface area contributed by atoms with Crippen LogP contribution < -0.4 is 4.90 Å². The molecule has 3 heteroatoms. The molecule has 1 heterocycles. The average molecular weight is 270 g/mol. The molecular formula is C17H22N2O. The SMILES string of the molecule is CCC(C)(C#N)CC1(C)C(=O)N(C)c2ccc(C)cc21. The van der Waals surface area contributed by atoms with Gasteiger partial charge >= 0.3 is 0 Å². The average Bonchev–Trinajstić information content (AvgIpc) is 2.61. The molecule has 20 heavy (non-hydrogen) atoms. The van der Waals surface area contributed by atoms with E-state index in [1.54, 1.807) is 4.90 Å². The Morgan fingerprint density at radius 1 is 1.45 bits per heavy atom. The van der Waals surface area contributed by atoms with E-state index >= 15 is 0 Å². The molecule has 2 unspecified atom stereocenters. The Bertz CT molecular complexity index is 601. The second kappa shape index (κ2) is 4.63. The van der Waals surface area contributed by atoms with Crippen LogP contribution in [0.1, 0.15) is 44.7 Å². The first-order chi connectivity index (χ1) is 9.27. The minimum atomic E-state index is -0.601. The van der Waals surface area contributed by atoms with E-state index < -0.39 is 10.8 Å². The fraction of sp³-hybridized carbons (Fsp3) is 0.529. The number of nitriles is 1. The van der Waals surface area contributed by atoms with Crippen molar-refractivity contribution in [2.45, 2.75) is 46.0 Å². The Morgan fingerprint density at radius 3 is 2.65 bits per heavy atom. The quantitative estimate of drug-likeness (QED) is 0.843. The van der Waals surface area contributed by atoms with E-state index in [1.807, 2.05) is 46.9 Å². The number of aryl methyl sites for hydroxylation is 1. The molecule has 2 rings (SSSR count). The van der Waals surface area contributed by atoms with Crippen molar-refractivity contribution >= 4 is 11.6 Å². The summed E-state index contributed by atoms with van der Waals surface area (Å²) in [5.74, 6) is 0.0908. The highest BCUT2D eigenvalue weighted by atomic mass is 16.2. The van der Waals surface area contributed by atoms with Crippen LogP contribution in [0.4, 0.5) is 5.69 Å². The molecule has 3 nitrogen and oxygen atoms in total. The smallest absolute Gasteiger partial charge is 0.237 e. The summed E-state index contributed by atoms with van der Waals surface area (Å²) in [4.78, 5) is 14.4. The van der Waals surface area contributed by atoms with E-state index in [1.165, 1.54) is 0 Å². The van der Waals surface area contributed by atoms with Gasteiger partial charge in [-0.15, -0.1) is 0 Å². The molecular weight excluding hydrogens is 248 g/mol. The van der Waals surface area contributed by atoms with Gasteiger partial charge in [-0.05, 0) is 45.2 Å². The number of hydrogen-bond acceptors (Lipinski definition) is 2. The van der Waals surface area contributed by atoms with Crippen LogP contribution in [0.15, 0.2) is 18.2 Å². The number of amides is 1. The zero-order valence-corrected chi connectivity index (χ0v) is 12.9. The highest BCUT2D eigenvalue weighted by Gasteiger charge is 2.49. The van der Waals surface area contributed by atoms with Crippen molar-refractivity contribution in [2.75, 3.05) is 11.9 Å². The molecule has 0 saturated heterocycles. The van der Waals surface area contributed by atoms with Gasteiger partial charge in [-0.25, -0.2) is 0 Å². The van der Waals surface area contributed by atoms with Crippen LogP contribution >= 0.6 is 0 Å². The van der Waals surface area contributed by atoms with Crippen molar-refractivity contribution in [1.82, 2.24) is 0 Å². The summed E-state index contributed by atoms with van der Waals surface area (Å²) in [5.41, 5.74) is 2.10. The fourth-order valence-corrected chi connectivity index (χ4v) is 3.17. The largest absolute Gasteiger partial charge is 0.314 e. The molecule has 1 aliphatic rings. The third-order valence-electron chi connectivity index (χ3n) is 4.68. The van der Waals surface area contributed by atoms with Gasteiger partial charge < -0.3 is 4.90 Å². The molecule has 0 radical (unpaired) electrons. The van der Waals surface area contributed by atoms with Crippen LogP contribution in [0.5, 0.6) is 0 Å². The zero-order valence-electron chi connectivity index (χ0n) is 12.9. The van der Waals surface area contributed by atoms with E-state index in [9.17, 15) is 10.1 Å². The molecule has 0 saturated carbocycles. The summed E-state index contributed by atoms with van der Waals surface area (Å²) in [7, 11) is 1.82. The summed E-state index contributed by atoms with van der Waals surface area (Å²) in [5, 5.41) is 9.44. The maximum Gasteiger partial charge on any atom is 0.237 e. The molecule has 0 bridgehead atoms. The van der Waals surface area contributed by atoms with Crippen molar-refractivity contribution < 1.29 is 4.79 Å². The molecule has 0 N–H and O–H groups in total. The van der Waals surface area contributed by atoms with E-state index in [4.69, 9.17) is 0 Å². The topological polar surface area (TPSA) is 44.1 Å². The van der Waals surface area contributed by atoms with Gasteiger partial charge in [-0.2, -0.15) is 5.26 Å². The third kappa shape index (κ3) is 2.00. The van der Waals surface area contributed by atoms with Crippen molar-refractivity contribution in [3.05, 3.63) is 29.3 Å². The van der Waals surface area contributed by atoms with Gasteiger partial charge in [-0.1, -0.05) is 24.6 Å². The Kier molecular flexibility index (Phi) is 3.37. The zero-order chi connectivity index (χ0) is 15.1. The number of carbonyl (C=O) groups excluding carboxylic acids is 1. The third-order valence-corrected chi connectivity index (χ3v) is 4.68. The number of rotatable bonds is 3.